The molecule has 1 aliphatic rings. The monoisotopic (exact) mass is 226 g/mol. The highest BCUT2D eigenvalue weighted by Gasteiger charge is 2.29. The summed E-state index contributed by atoms with van der Waals surface area (Å²) in [4.78, 5) is 12.1. The van der Waals surface area contributed by atoms with E-state index in [1.807, 2.05) is 31.2 Å². The summed E-state index contributed by atoms with van der Waals surface area (Å²) in [6, 6.07) is 10.0. The first-order valence-corrected chi connectivity index (χ1v) is 5.85. The van der Waals surface area contributed by atoms with Gasteiger partial charge < -0.3 is 4.74 Å². The number of methoxy groups -OCH3 is 1. The van der Waals surface area contributed by atoms with Crippen LogP contribution in [0.5, 0.6) is 5.75 Å². The molecule has 1 unspecified atom stereocenters. The summed E-state index contributed by atoms with van der Waals surface area (Å²) in [6.07, 6.45) is 0.846. The highest BCUT2D eigenvalue weighted by Crippen LogP contribution is 2.37. The van der Waals surface area contributed by atoms with E-state index in [9.17, 15) is 4.79 Å². The molecule has 0 bridgehead atoms. The quantitative estimate of drug-likeness (QED) is 0.746. The van der Waals surface area contributed by atoms with Gasteiger partial charge in [-0.1, -0.05) is 31.2 Å². The number of benzene rings is 2. The van der Waals surface area contributed by atoms with Gasteiger partial charge in [-0.3, -0.25) is 4.79 Å². The number of carbonyl (C=O) groups is 1. The van der Waals surface area contributed by atoms with Gasteiger partial charge in [-0.25, -0.2) is 0 Å². The molecule has 0 saturated heterocycles. The third-order valence-corrected chi connectivity index (χ3v) is 3.56. The number of carbonyl (C=O) groups excluding carboxylic acids is 1. The zero-order valence-electron chi connectivity index (χ0n) is 9.99. The lowest BCUT2D eigenvalue weighted by Crippen LogP contribution is -2.03. The van der Waals surface area contributed by atoms with E-state index in [0.717, 1.165) is 28.5 Å². The molecule has 0 saturated carbocycles. The average Bonchev–Trinajstić information content (AvgIpc) is 2.65. The van der Waals surface area contributed by atoms with E-state index in [2.05, 4.69) is 6.07 Å². The van der Waals surface area contributed by atoms with Crippen LogP contribution in [0.3, 0.4) is 0 Å². The summed E-state index contributed by atoms with van der Waals surface area (Å²) in [6.45, 7) is 1.99. The molecule has 3 rings (SSSR count). The molecule has 2 aromatic rings. The van der Waals surface area contributed by atoms with Gasteiger partial charge in [0.1, 0.15) is 5.75 Å². The van der Waals surface area contributed by atoms with Crippen LogP contribution >= 0.6 is 0 Å². The van der Waals surface area contributed by atoms with Crippen molar-refractivity contribution in [3.63, 3.8) is 0 Å². The van der Waals surface area contributed by atoms with Crippen LogP contribution in [0.25, 0.3) is 10.8 Å². The van der Waals surface area contributed by atoms with E-state index in [1.165, 1.54) is 5.56 Å². The molecule has 0 amide bonds. The third-order valence-electron chi connectivity index (χ3n) is 3.56. The summed E-state index contributed by atoms with van der Waals surface area (Å²) < 4.78 is 5.38. The summed E-state index contributed by atoms with van der Waals surface area (Å²) >= 11 is 0. The fourth-order valence-corrected chi connectivity index (χ4v) is 2.68. The van der Waals surface area contributed by atoms with E-state index in [0.29, 0.717) is 0 Å². The Kier molecular flexibility index (Phi) is 2.18. The number of Topliss-reactive ketones (excluding diaryl/α,β-unsaturated/α-hetero) is 1. The van der Waals surface area contributed by atoms with Gasteiger partial charge in [0.25, 0.3) is 0 Å². The number of hydrogen-bond acceptors (Lipinski definition) is 2. The zero-order valence-corrected chi connectivity index (χ0v) is 9.99. The molecule has 0 aromatic heterocycles. The predicted molar refractivity (Wildman–Crippen MR) is 67.7 cm³/mol. The van der Waals surface area contributed by atoms with Crippen LogP contribution in [0.4, 0.5) is 0 Å². The van der Waals surface area contributed by atoms with Gasteiger partial charge in [-0.15, -0.1) is 0 Å². The fraction of sp³-hybridized carbons (Fsp3) is 0.267. The molecule has 86 valence electrons. The Morgan fingerprint density at radius 2 is 1.94 bits per heavy atom. The largest absolute Gasteiger partial charge is 0.496 e. The normalized spacial score (nSPS) is 18.5. The van der Waals surface area contributed by atoms with Gasteiger partial charge in [-0.05, 0) is 23.4 Å². The van der Waals surface area contributed by atoms with Crippen molar-refractivity contribution in [1.82, 2.24) is 0 Å². The van der Waals surface area contributed by atoms with Crippen LogP contribution in [0.2, 0.25) is 0 Å². The van der Waals surface area contributed by atoms with E-state index in [1.54, 1.807) is 7.11 Å². The molecule has 0 spiro atoms. The average molecular weight is 226 g/mol. The molecule has 2 aromatic carbocycles. The van der Waals surface area contributed by atoms with Gasteiger partial charge in [0, 0.05) is 16.9 Å². The lowest BCUT2D eigenvalue weighted by Gasteiger charge is -2.09. The van der Waals surface area contributed by atoms with Crippen LogP contribution in [-0.2, 0) is 6.42 Å². The Balaban J connectivity index is 2.40. The van der Waals surface area contributed by atoms with E-state index >= 15 is 0 Å². The van der Waals surface area contributed by atoms with Crippen molar-refractivity contribution in [1.29, 1.82) is 0 Å². The fourth-order valence-electron chi connectivity index (χ4n) is 2.68. The van der Waals surface area contributed by atoms with Gasteiger partial charge in [0.2, 0.25) is 0 Å². The van der Waals surface area contributed by atoms with Crippen LogP contribution in [0.1, 0.15) is 22.8 Å². The summed E-state index contributed by atoms with van der Waals surface area (Å²) in [5.41, 5.74) is 2.02. The topological polar surface area (TPSA) is 26.3 Å². The van der Waals surface area contributed by atoms with Crippen LogP contribution in [0.15, 0.2) is 30.3 Å². The van der Waals surface area contributed by atoms with Crippen LogP contribution < -0.4 is 4.74 Å². The minimum atomic E-state index is 0.0977. The van der Waals surface area contributed by atoms with Crippen molar-refractivity contribution in [2.75, 3.05) is 7.11 Å². The minimum absolute atomic E-state index is 0.0977. The van der Waals surface area contributed by atoms with Gasteiger partial charge in [0.15, 0.2) is 5.78 Å². The van der Waals surface area contributed by atoms with E-state index < -0.39 is 0 Å². The molecule has 0 fully saturated rings. The molecule has 0 radical (unpaired) electrons. The molecule has 1 aliphatic carbocycles. The Hall–Kier alpha value is -1.83. The molecule has 17 heavy (non-hydrogen) atoms. The maximum atomic E-state index is 12.1. The number of ether oxygens (including phenoxy) is 1. The number of ketones is 1. The van der Waals surface area contributed by atoms with Crippen molar-refractivity contribution in [3.8, 4) is 5.75 Å². The highest BCUT2D eigenvalue weighted by atomic mass is 16.5. The Morgan fingerprint density at radius 3 is 2.65 bits per heavy atom. The molecular weight excluding hydrogens is 212 g/mol. The summed E-state index contributed by atoms with van der Waals surface area (Å²) in [5.74, 6) is 1.13. The molecule has 0 aliphatic heterocycles. The van der Waals surface area contributed by atoms with Crippen molar-refractivity contribution in [2.24, 2.45) is 5.92 Å². The van der Waals surface area contributed by atoms with Crippen molar-refractivity contribution in [2.45, 2.75) is 13.3 Å². The predicted octanol–water partition coefficient (Wildman–Crippen LogP) is 3.22. The second-order valence-electron chi connectivity index (χ2n) is 4.62. The second kappa shape index (κ2) is 3.59. The van der Waals surface area contributed by atoms with Gasteiger partial charge in [0.05, 0.1) is 7.11 Å². The highest BCUT2D eigenvalue weighted by molar-refractivity contribution is 6.08. The number of rotatable bonds is 1. The van der Waals surface area contributed by atoms with Crippen molar-refractivity contribution >= 4 is 16.6 Å². The maximum absolute atomic E-state index is 12.1. The molecule has 0 heterocycles. The molecule has 2 heteroatoms. The number of hydrogen-bond donors (Lipinski definition) is 0. The zero-order chi connectivity index (χ0) is 12.0. The second-order valence-corrected chi connectivity index (χ2v) is 4.62. The first-order valence-electron chi connectivity index (χ1n) is 5.85. The lowest BCUT2D eigenvalue weighted by atomic mass is 10.00. The Morgan fingerprint density at radius 1 is 1.24 bits per heavy atom. The van der Waals surface area contributed by atoms with Gasteiger partial charge in [-0.2, -0.15) is 0 Å². The van der Waals surface area contributed by atoms with Crippen molar-refractivity contribution < 1.29 is 9.53 Å². The minimum Gasteiger partial charge on any atom is -0.496 e. The first kappa shape index (κ1) is 10.3. The van der Waals surface area contributed by atoms with Crippen LogP contribution in [0, 0.1) is 5.92 Å². The van der Waals surface area contributed by atoms with Crippen LogP contribution in [-0.4, -0.2) is 12.9 Å². The Bertz CT molecular complexity index is 614. The van der Waals surface area contributed by atoms with E-state index in [-0.39, 0.29) is 11.7 Å². The van der Waals surface area contributed by atoms with E-state index in [4.69, 9.17) is 4.74 Å². The molecule has 2 nitrogen and oxygen atoms in total. The number of fused-ring (bicyclic) bond motifs is 3. The SMILES string of the molecule is COc1cc2c(c3ccccc13)CC(C)C2=O. The molecular formula is C15H14O2. The summed E-state index contributed by atoms with van der Waals surface area (Å²) in [5, 5.41) is 2.25. The molecule has 1 atom stereocenters. The van der Waals surface area contributed by atoms with Gasteiger partial charge >= 0.3 is 0 Å². The Labute approximate surface area is 100 Å². The standard InChI is InChI=1S/C15H14O2/c1-9-7-12-10-5-3-4-6-11(10)14(17-2)8-13(12)15(9)16/h3-6,8-9H,7H2,1-2H3. The smallest absolute Gasteiger partial charge is 0.166 e. The first-order chi connectivity index (χ1) is 8.22. The lowest BCUT2D eigenvalue weighted by molar-refractivity contribution is 0.0946. The maximum Gasteiger partial charge on any atom is 0.166 e. The molecule has 0 N–H and O–H groups in total. The summed E-state index contributed by atoms with van der Waals surface area (Å²) in [7, 11) is 1.65. The third kappa shape index (κ3) is 1.37. The van der Waals surface area contributed by atoms with Crippen molar-refractivity contribution in [3.05, 3.63) is 41.5 Å².